The van der Waals surface area contributed by atoms with E-state index in [1.165, 1.54) is 11.4 Å². The molecule has 1 N–H and O–H groups in total. The Kier molecular flexibility index (Phi) is 5.94. The fraction of sp³-hybridized carbons (Fsp3) is 0.600. The second-order valence-corrected chi connectivity index (χ2v) is 7.71. The minimum Gasteiger partial charge on any atom is -0.390 e. The molecule has 1 fully saturated rings. The van der Waals surface area contributed by atoms with Crippen LogP contribution in [0.3, 0.4) is 0 Å². The van der Waals surface area contributed by atoms with Gasteiger partial charge in [0.05, 0.1) is 24.2 Å². The van der Waals surface area contributed by atoms with Crippen LogP contribution in [0.4, 0.5) is 0 Å². The van der Waals surface area contributed by atoms with E-state index >= 15 is 0 Å². The highest BCUT2D eigenvalue weighted by Crippen LogP contribution is 2.15. The number of sulfonamides is 1. The van der Waals surface area contributed by atoms with Crippen LogP contribution in [0.5, 0.6) is 0 Å². The largest absolute Gasteiger partial charge is 0.390 e. The fourth-order valence-electron chi connectivity index (χ4n) is 2.42. The number of aryl methyl sites for hydroxylation is 1. The monoisotopic (exact) mass is 328 g/mol. The third-order valence-electron chi connectivity index (χ3n) is 3.77. The number of aliphatic hydroxyl groups excluding tert-OH is 1. The Balaban J connectivity index is 1.94. The van der Waals surface area contributed by atoms with Crippen molar-refractivity contribution in [3.05, 3.63) is 29.8 Å². The molecule has 6 nitrogen and oxygen atoms in total. The molecule has 0 bridgehead atoms. The first kappa shape index (κ1) is 17.4. The van der Waals surface area contributed by atoms with E-state index < -0.39 is 16.1 Å². The summed E-state index contributed by atoms with van der Waals surface area (Å²) in [5.41, 5.74) is 1.01. The number of rotatable bonds is 6. The van der Waals surface area contributed by atoms with Crippen molar-refractivity contribution in [2.75, 3.05) is 46.4 Å². The summed E-state index contributed by atoms with van der Waals surface area (Å²) in [6, 6.07) is 6.72. The molecule has 0 aliphatic carbocycles. The topological polar surface area (TPSA) is 70.1 Å². The van der Waals surface area contributed by atoms with Crippen LogP contribution in [0.25, 0.3) is 0 Å². The Hall–Kier alpha value is -0.990. The van der Waals surface area contributed by atoms with Gasteiger partial charge in [0.1, 0.15) is 0 Å². The van der Waals surface area contributed by atoms with Crippen molar-refractivity contribution >= 4 is 10.0 Å². The molecule has 0 spiro atoms. The van der Waals surface area contributed by atoms with E-state index in [-0.39, 0.29) is 11.4 Å². The zero-order chi connectivity index (χ0) is 16.2. The van der Waals surface area contributed by atoms with E-state index in [1.54, 1.807) is 24.3 Å². The number of benzene rings is 1. The highest BCUT2D eigenvalue weighted by molar-refractivity contribution is 7.89. The van der Waals surface area contributed by atoms with Crippen LogP contribution in [-0.4, -0.2) is 75.3 Å². The van der Waals surface area contributed by atoms with Crippen LogP contribution in [0, 0.1) is 6.92 Å². The van der Waals surface area contributed by atoms with E-state index in [0.717, 1.165) is 18.7 Å². The normalized spacial score (nSPS) is 18.5. The smallest absolute Gasteiger partial charge is 0.242 e. The van der Waals surface area contributed by atoms with Gasteiger partial charge in [-0.25, -0.2) is 8.42 Å². The van der Waals surface area contributed by atoms with Gasteiger partial charge in [-0.3, -0.25) is 4.90 Å². The van der Waals surface area contributed by atoms with Gasteiger partial charge in [0, 0.05) is 33.2 Å². The number of nitrogens with zero attached hydrogens (tertiary/aromatic N) is 2. The SMILES string of the molecule is Cc1ccc(S(=O)(=O)N(C)CC(O)CN2CCOCC2)cc1. The first-order valence-corrected chi connectivity index (χ1v) is 8.85. The van der Waals surface area contributed by atoms with Gasteiger partial charge in [0.25, 0.3) is 0 Å². The lowest BCUT2D eigenvalue weighted by atomic mass is 10.2. The molecule has 124 valence electrons. The molecule has 1 atom stereocenters. The van der Waals surface area contributed by atoms with E-state index in [4.69, 9.17) is 4.74 Å². The summed E-state index contributed by atoms with van der Waals surface area (Å²) in [6.07, 6.45) is -0.719. The number of likely N-dealkylation sites (N-methyl/N-ethyl adjacent to an activating group) is 1. The maximum atomic E-state index is 12.5. The van der Waals surface area contributed by atoms with Crippen LogP contribution in [-0.2, 0) is 14.8 Å². The third-order valence-corrected chi connectivity index (χ3v) is 5.61. The standard InChI is InChI=1S/C15H24N2O4S/c1-13-3-5-15(6-4-13)22(19,20)16(2)11-14(18)12-17-7-9-21-10-8-17/h3-6,14,18H,7-12H2,1-2H3. The molecule has 1 aliphatic rings. The summed E-state index contributed by atoms with van der Waals surface area (Å²) >= 11 is 0. The molecule has 0 amide bonds. The Bertz CT molecular complexity index is 568. The summed E-state index contributed by atoms with van der Waals surface area (Å²) < 4.78 is 31.4. The summed E-state index contributed by atoms with van der Waals surface area (Å²) in [4.78, 5) is 2.33. The van der Waals surface area contributed by atoms with Crippen molar-refractivity contribution in [1.82, 2.24) is 9.21 Å². The average Bonchev–Trinajstić information content (AvgIpc) is 2.48. The van der Waals surface area contributed by atoms with Gasteiger partial charge in [-0.1, -0.05) is 17.7 Å². The van der Waals surface area contributed by atoms with Crippen LogP contribution >= 0.6 is 0 Å². The molecular formula is C15H24N2O4S. The van der Waals surface area contributed by atoms with Crippen molar-refractivity contribution in [2.45, 2.75) is 17.9 Å². The first-order chi connectivity index (χ1) is 10.4. The average molecular weight is 328 g/mol. The van der Waals surface area contributed by atoms with Crippen LogP contribution in [0.15, 0.2) is 29.2 Å². The van der Waals surface area contributed by atoms with Crippen molar-refractivity contribution in [3.8, 4) is 0 Å². The lowest BCUT2D eigenvalue weighted by Gasteiger charge is -2.29. The molecule has 0 saturated carbocycles. The van der Waals surface area contributed by atoms with Gasteiger partial charge >= 0.3 is 0 Å². The predicted molar refractivity (Wildman–Crippen MR) is 84.3 cm³/mol. The molecule has 2 rings (SSSR count). The number of β-amino-alcohol motifs (C(OH)–C–C–N with tert-alkyl or cyclic N) is 1. The number of morpholine rings is 1. The van der Waals surface area contributed by atoms with Crippen molar-refractivity contribution in [3.63, 3.8) is 0 Å². The molecule has 7 heteroatoms. The number of hydrogen-bond acceptors (Lipinski definition) is 5. The van der Waals surface area contributed by atoms with E-state index in [2.05, 4.69) is 4.90 Å². The Morgan fingerprint density at radius 1 is 1.27 bits per heavy atom. The summed E-state index contributed by atoms with van der Waals surface area (Å²) in [5.74, 6) is 0. The third kappa shape index (κ3) is 4.50. The molecule has 0 radical (unpaired) electrons. The quantitative estimate of drug-likeness (QED) is 0.814. The van der Waals surface area contributed by atoms with E-state index in [0.29, 0.717) is 19.8 Å². The molecule has 22 heavy (non-hydrogen) atoms. The van der Waals surface area contributed by atoms with Crippen LogP contribution in [0.2, 0.25) is 0 Å². The van der Waals surface area contributed by atoms with Gasteiger partial charge in [0.15, 0.2) is 0 Å². The Morgan fingerprint density at radius 2 is 1.86 bits per heavy atom. The number of aliphatic hydroxyl groups is 1. The maximum Gasteiger partial charge on any atom is 0.242 e. The van der Waals surface area contributed by atoms with Crippen LogP contribution < -0.4 is 0 Å². The maximum absolute atomic E-state index is 12.5. The van der Waals surface area contributed by atoms with Crippen molar-refractivity contribution in [1.29, 1.82) is 0 Å². The summed E-state index contributed by atoms with van der Waals surface area (Å²) in [6.45, 7) is 5.29. The highest BCUT2D eigenvalue weighted by atomic mass is 32.2. The lowest BCUT2D eigenvalue weighted by Crippen LogP contribution is -2.45. The Labute approximate surface area is 132 Å². The van der Waals surface area contributed by atoms with Gasteiger partial charge in [-0.15, -0.1) is 0 Å². The molecule has 1 saturated heterocycles. The van der Waals surface area contributed by atoms with Crippen molar-refractivity contribution < 1.29 is 18.3 Å². The van der Waals surface area contributed by atoms with Gasteiger partial charge in [0.2, 0.25) is 10.0 Å². The van der Waals surface area contributed by atoms with E-state index in [1.807, 2.05) is 6.92 Å². The van der Waals surface area contributed by atoms with E-state index in [9.17, 15) is 13.5 Å². The lowest BCUT2D eigenvalue weighted by molar-refractivity contribution is 0.0123. The van der Waals surface area contributed by atoms with Gasteiger partial charge < -0.3 is 9.84 Å². The molecule has 1 aromatic rings. The molecular weight excluding hydrogens is 304 g/mol. The van der Waals surface area contributed by atoms with Gasteiger partial charge in [-0.05, 0) is 19.1 Å². The second-order valence-electron chi connectivity index (χ2n) is 5.67. The fourth-order valence-corrected chi connectivity index (χ4v) is 3.63. The second kappa shape index (κ2) is 7.52. The molecule has 1 unspecified atom stereocenters. The predicted octanol–water partition coefficient (Wildman–Crippen LogP) is 0.309. The highest BCUT2D eigenvalue weighted by Gasteiger charge is 2.24. The molecule has 0 aromatic heterocycles. The van der Waals surface area contributed by atoms with Crippen molar-refractivity contribution in [2.24, 2.45) is 0 Å². The molecule has 1 aromatic carbocycles. The first-order valence-electron chi connectivity index (χ1n) is 7.41. The Morgan fingerprint density at radius 3 is 2.45 bits per heavy atom. The molecule has 1 heterocycles. The zero-order valence-corrected chi connectivity index (χ0v) is 13.9. The number of hydrogen-bond donors (Lipinski definition) is 1. The zero-order valence-electron chi connectivity index (χ0n) is 13.1. The minimum atomic E-state index is -3.56. The minimum absolute atomic E-state index is 0.0770. The summed E-state index contributed by atoms with van der Waals surface area (Å²) in [7, 11) is -2.06. The van der Waals surface area contributed by atoms with Crippen LogP contribution in [0.1, 0.15) is 5.56 Å². The van der Waals surface area contributed by atoms with Gasteiger partial charge in [-0.2, -0.15) is 4.31 Å². The summed E-state index contributed by atoms with van der Waals surface area (Å²) in [5, 5.41) is 10.1. The molecule has 1 aliphatic heterocycles. The number of ether oxygens (including phenoxy) is 1.